The van der Waals surface area contributed by atoms with Crippen LogP contribution < -0.4 is 0 Å². The maximum Gasteiger partial charge on any atom is 0.136 e. The second-order valence-corrected chi connectivity index (χ2v) is 10.3. The largest absolute Gasteiger partial charge is 0.456 e. The molecule has 2 heteroatoms. The average Bonchev–Trinajstić information content (AvgIpc) is 2.98. The molecule has 0 fully saturated rings. The first kappa shape index (κ1) is 21.5. The highest BCUT2D eigenvalue weighted by Gasteiger charge is 2.26. The second kappa shape index (κ2) is 7.97. The second-order valence-electron chi connectivity index (χ2n) is 10.3. The molecule has 0 radical (unpaired) electrons. The van der Waals surface area contributed by atoms with E-state index < -0.39 is 0 Å². The molecule has 0 saturated carbocycles. The van der Waals surface area contributed by atoms with E-state index in [1.54, 1.807) is 0 Å². The van der Waals surface area contributed by atoms with Crippen LogP contribution in [0.2, 0.25) is 0 Å². The minimum absolute atomic E-state index is 0.885. The Kier molecular flexibility index (Phi) is 4.51. The van der Waals surface area contributed by atoms with E-state index in [0.717, 1.165) is 57.1 Å². The molecule has 0 aromatic heterocycles. The predicted octanol–water partition coefficient (Wildman–Crippen LogP) is 10.5. The third kappa shape index (κ3) is 2.95. The van der Waals surface area contributed by atoms with Crippen molar-refractivity contribution in [2.24, 2.45) is 0 Å². The Balaban J connectivity index is 1.44. The van der Waals surface area contributed by atoms with Crippen LogP contribution in [-0.4, -0.2) is 0 Å². The molecule has 0 amide bonds. The van der Waals surface area contributed by atoms with Gasteiger partial charge in [0, 0.05) is 21.9 Å². The molecular weight excluding hydrogens is 464 g/mol. The lowest BCUT2D eigenvalue weighted by Crippen LogP contribution is -1.96. The predicted molar refractivity (Wildman–Crippen MR) is 158 cm³/mol. The van der Waals surface area contributed by atoms with Gasteiger partial charge in [0.25, 0.3) is 0 Å². The summed E-state index contributed by atoms with van der Waals surface area (Å²) in [5, 5.41) is 4.63. The Morgan fingerprint density at radius 2 is 0.816 bits per heavy atom. The molecule has 2 aliphatic rings. The Labute approximate surface area is 220 Å². The van der Waals surface area contributed by atoms with E-state index in [9.17, 15) is 0 Å². The molecule has 0 saturated heterocycles. The van der Waals surface area contributed by atoms with Crippen molar-refractivity contribution in [2.75, 3.05) is 0 Å². The molecule has 8 rings (SSSR count). The van der Waals surface area contributed by atoms with E-state index in [0.29, 0.717) is 0 Å². The summed E-state index contributed by atoms with van der Waals surface area (Å²) < 4.78 is 13.2. The maximum atomic E-state index is 6.59. The highest BCUT2D eigenvalue weighted by molar-refractivity contribution is 6.26. The summed E-state index contributed by atoms with van der Waals surface area (Å²) in [4.78, 5) is 0. The van der Waals surface area contributed by atoms with Gasteiger partial charge in [-0.1, -0.05) is 74.5 Å². The van der Waals surface area contributed by atoms with Gasteiger partial charge in [0.15, 0.2) is 0 Å². The van der Waals surface area contributed by atoms with E-state index in [-0.39, 0.29) is 0 Å². The molecule has 6 aromatic carbocycles. The standard InChI is InChI=1S/C36H26O2/c1-3-21-5-9-23(10-6-21)25-13-17-29-33-27(25)15-19-31-35(33)36-32(37-29)20-16-28-26(14-18-30(38-31)34(28)36)24-11-7-22(4-2)8-12-24/h5-20H,3-4H2,1-2H3. The van der Waals surface area contributed by atoms with Gasteiger partial charge in [-0.25, -0.2) is 0 Å². The molecule has 38 heavy (non-hydrogen) atoms. The molecule has 2 aliphatic heterocycles. The molecule has 0 N–H and O–H groups in total. The van der Waals surface area contributed by atoms with Crippen molar-refractivity contribution in [3.8, 4) is 33.4 Å². The van der Waals surface area contributed by atoms with Crippen molar-refractivity contribution in [1.29, 1.82) is 0 Å². The minimum Gasteiger partial charge on any atom is -0.456 e. The molecule has 6 aromatic rings. The van der Waals surface area contributed by atoms with Gasteiger partial charge in [-0.2, -0.15) is 0 Å². The summed E-state index contributed by atoms with van der Waals surface area (Å²) in [5.41, 5.74) is 13.4. The van der Waals surface area contributed by atoms with Crippen LogP contribution in [-0.2, 0) is 12.8 Å². The first-order chi connectivity index (χ1) is 18.7. The van der Waals surface area contributed by atoms with Gasteiger partial charge in [0.1, 0.15) is 22.3 Å². The number of hydrogen-bond donors (Lipinski definition) is 0. The first-order valence-electron chi connectivity index (χ1n) is 13.5. The van der Waals surface area contributed by atoms with Crippen LogP contribution in [0.4, 0.5) is 0 Å². The summed E-state index contributed by atoms with van der Waals surface area (Å²) >= 11 is 0. The number of benzene rings is 6. The fourth-order valence-electron chi connectivity index (χ4n) is 6.21. The quantitative estimate of drug-likeness (QED) is 0.181. The molecule has 0 unspecified atom stereocenters. The van der Waals surface area contributed by atoms with Crippen molar-refractivity contribution >= 4 is 43.9 Å². The fourth-order valence-corrected chi connectivity index (χ4v) is 6.21. The summed E-state index contributed by atoms with van der Waals surface area (Å²) in [5.74, 6) is 0. The van der Waals surface area contributed by atoms with Crippen LogP contribution in [0.25, 0.3) is 77.3 Å². The molecule has 2 nitrogen and oxygen atoms in total. The van der Waals surface area contributed by atoms with Gasteiger partial charge in [-0.05, 0) is 93.4 Å². The van der Waals surface area contributed by atoms with Crippen LogP contribution in [0.3, 0.4) is 0 Å². The zero-order valence-corrected chi connectivity index (χ0v) is 21.5. The van der Waals surface area contributed by atoms with Gasteiger partial charge >= 0.3 is 0 Å². The highest BCUT2D eigenvalue weighted by Crippen LogP contribution is 2.50. The first-order valence-corrected chi connectivity index (χ1v) is 13.5. The van der Waals surface area contributed by atoms with Crippen molar-refractivity contribution in [3.63, 3.8) is 0 Å². The molecule has 182 valence electrons. The maximum absolute atomic E-state index is 6.59. The van der Waals surface area contributed by atoms with Gasteiger partial charge in [0.2, 0.25) is 0 Å². The van der Waals surface area contributed by atoms with Crippen molar-refractivity contribution in [3.05, 3.63) is 108 Å². The van der Waals surface area contributed by atoms with Crippen LogP contribution in [0.5, 0.6) is 0 Å². The van der Waals surface area contributed by atoms with E-state index in [1.165, 1.54) is 44.2 Å². The van der Waals surface area contributed by atoms with Gasteiger partial charge in [0.05, 0.1) is 0 Å². The van der Waals surface area contributed by atoms with Crippen LogP contribution in [0.15, 0.2) is 106 Å². The SMILES string of the molecule is CCc1ccc(-c2ccc3oc4ccc5c(-c6ccc(CC)cc6)ccc6oc7ccc2c3c7-c4c65)cc1. The summed E-state index contributed by atoms with van der Waals surface area (Å²) in [6.07, 6.45) is 2.07. The zero-order valence-electron chi connectivity index (χ0n) is 21.5. The van der Waals surface area contributed by atoms with Gasteiger partial charge < -0.3 is 8.83 Å². The van der Waals surface area contributed by atoms with E-state index in [4.69, 9.17) is 8.83 Å². The lowest BCUT2D eigenvalue weighted by molar-refractivity contribution is 0.646. The van der Waals surface area contributed by atoms with Gasteiger partial charge in [-0.15, -0.1) is 0 Å². The molecule has 2 heterocycles. The highest BCUT2D eigenvalue weighted by atomic mass is 16.3. The Bertz CT molecular complexity index is 1910. The average molecular weight is 491 g/mol. The molecule has 0 bridgehead atoms. The van der Waals surface area contributed by atoms with Crippen molar-refractivity contribution in [2.45, 2.75) is 26.7 Å². The van der Waals surface area contributed by atoms with E-state index in [1.807, 2.05) is 0 Å². The fraction of sp³-hybridized carbons (Fsp3) is 0.111. The lowest BCUT2D eigenvalue weighted by atomic mass is 9.86. The third-order valence-corrected chi connectivity index (χ3v) is 8.25. The minimum atomic E-state index is 0.885. The Hall–Kier alpha value is -4.56. The summed E-state index contributed by atoms with van der Waals surface area (Å²) in [6.45, 7) is 4.38. The molecule has 0 spiro atoms. The molecular formula is C36H26O2. The topological polar surface area (TPSA) is 26.3 Å². The van der Waals surface area contributed by atoms with Crippen LogP contribution in [0.1, 0.15) is 25.0 Å². The van der Waals surface area contributed by atoms with Crippen molar-refractivity contribution < 1.29 is 8.83 Å². The number of rotatable bonds is 4. The molecule has 0 atom stereocenters. The number of aryl methyl sites for hydroxylation is 2. The van der Waals surface area contributed by atoms with E-state index in [2.05, 4.69) is 111 Å². The lowest BCUT2D eigenvalue weighted by Gasteiger charge is -2.21. The molecule has 0 aliphatic carbocycles. The monoisotopic (exact) mass is 490 g/mol. The van der Waals surface area contributed by atoms with Crippen LogP contribution in [0, 0.1) is 0 Å². The van der Waals surface area contributed by atoms with Gasteiger partial charge in [-0.3, -0.25) is 0 Å². The van der Waals surface area contributed by atoms with Crippen molar-refractivity contribution in [1.82, 2.24) is 0 Å². The summed E-state index contributed by atoms with van der Waals surface area (Å²) in [7, 11) is 0. The third-order valence-electron chi connectivity index (χ3n) is 8.25. The normalized spacial score (nSPS) is 12.2. The smallest absolute Gasteiger partial charge is 0.136 e. The Morgan fingerprint density at radius 1 is 0.421 bits per heavy atom. The van der Waals surface area contributed by atoms with Crippen LogP contribution >= 0.6 is 0 Å². The summed E-state index contributed by atoms with van der Waals surface area (Å²) in [6, 6.07) is 35.0. The number of hydrogen-bond acceptors (Lipinski definition) is 2. The van der Waals surface area contributed by atoms with E-state index >= 15 is 0 Å². The Morgan fingerprint density at radius 3 is 1.21 bits per heavy atom. The zero-order chi connectivity index (χ0) is 25.4.